The number of ether oxygens (including phenoxy) is 1. The first kappa shape index (κ1) is 18.8. The fourth-order valence-electron chi connectivity index (χ4n) is 2.89. The van der Waals surface area contributed by atoms with E-state index in [0.29, 0.717) is 16.1 Å². The van der Waals surface area contributed by atoms with E-state index >= 15 is 0 Å². The Hall–Kier alpha value is -2.51. The summed E-state index contributed by atoms with van der Waals surface area (Å²) in [6, 6.07) is 10.7. The molecule has 4 rings (SSSR count). The average Bonchev–Trinajstić information content (AvgIpc) is 3.28. The van der Waals surface area contributed by atoms with Gasteiger partial charge in [-0.3, -0.25) is 9.69 Å². The number of aromatic nitrogens is 1. The topological polar surface area (TPSA) is 90.3 Å². The van der Waals surface area contributed by atoms with Crippen molar-refractivity contribution in [2.24, 2.45) is 0 Å². The molecule has 28 heavy (non-hydrogen) atoms. The number of morpholine rings is 1. The minimum absolute atomic E-state index is 0.165. The highest BCUT2D eigenvalue weighted by molar-refractivity contribution is 7.29. The number of thiazole rings is 1. The number of hydrogen-bond donors (Lipinski definition) is 2. The normalized spacial score (nSPS) is 14.7. The summed E-state index contributed by atoms with van der Waals surface area (Å²) in [5, 5.41) is 15.9. The Labute approximate surface area is 170 Å². The van der Waals surface area contributed by atoms with Gasteiger partial charge in [0.05, 0.1) is 34.4 Å². The van der Waals surface area contributed by atoms with Crippen LogP contribution in [-0.2, 0) is 4.74 Å². The Morgan fingerprint density at radius 3 is 2.75 bits per heavy atom. The maximum absolute atomic E-state index is 12.4. The molecule has 2 N–H and O–H groups in total. The molecule has 1 fully saturated rings. The molecule has 2 aromatic heterocycles. The lowest BCUT2D eigenvalue weighted by molar-refractivity contribution is 0.0398. The van der Waals surface area contributed by atoms with Gasteiger partial charge in [0.1, 0.15) is 4.83 Å². The highest BCUT2D eigenvalue weighted by Gasteiger charge is 2.15. The van der Waals surface area contributed by atoms with Crippen LogP contribution in [0.5, 0.6) is 0 Å². The number of nitriles is 1. The van der Waals surface area contributed by atoms with Crippen LogP contribution in [0.3, 0.4) is 0 Å². The highest BCUT2D eigenvalue weighted by atomic mass is 32.1. The van der Waals surface area contributed by atoms with E-state index in [1.54, 1.807) is 35.6 Å². The fraction of sp³-hybridized carbons (Fsp3) is 0.316. The SMILES string of the molecule is N#Cc1ccc(NC(=O)c2cc3sc(NCCN4CCOCC4)nc3s2)cc1. The number of hydrogen-bond acceptors (Lipinski definition) is 8. The van der Waals surface area contributed by atoms with Gasteiger partial charge in [0.15, 0.2) is 5.13 Å². The summed E-state index contributed by atoms with van der Waals surface area (Å²) in [7, 11) is 0. The Balaban J connectivity index is 1.33. The third-order valence-corrected chi connectivity index (χ3v) is 6.51. The average molecular weight is 414 g/mol. The van der Waals surface area contributed by atoms with E-state index in [4.69, 9.17) is 10.00 Å². The minimum atomic E-state index is -0.165. The number of nitrogens with zero attached hydrogens (tertiary/aromatic N) is 3. The second-order valence-corrected chi connectivity index (χ2v) is 8.38. The van der Waals surface area contributed by atoms with Crippen molar-refractivity contribution >= 4 is 48.9 Å². The lowest BCUT2D eigenvalue weighted by Gasteiger charge is -2.26. The summed E-state index contributed by atoms with van der Waals surface area (Å²) < 4.78 is 6.36. The van der Waals surface area contributed by atoms with E-state index in [1.807, 2.05) is 6.07 Å². The summed E-state index contributed by atoms with van der Waals surface area (Å²) in [5.41, 5.74) is 1.23. The van der Waals surface area contributed by atoms with Crippen molar-refractivity contribution in [3.05, 3.63) is 40.8 Å². The molecule has 7 nitrogen and oxygen atoms in total. The number of rotatable bonds is 6. The zero-order chi connectivity index (χ0) is 19.3. The van der Waals surface area contributed by atoms with Crippen molar-refractivity contribution in [3.8, 4) is 6.07 Å². The van der Waals surface area contributed by atoms with Gasteiger partial charge in [-0.2, -0.15) is 5.26 Å². The van der Waals surface area contributed by atoms with E-state index in [-0.39, 0.29) is 5.91 Å². The second kappa shape index (κ2) is 8.67. The summed E-state index contributed by atoms with van der Waals surface area (Å²) in [6.45, 7) is 5.38. The predicted molar refractivity (Wildman–Crippen MR) is 112 cm³/mol. The predicted octanol–water partition coefficient (Wildman–Crippen LogP) is 3.23. The molecule has 0 unspecified atom stereocenters. The summed E-state index contributed by atoms with van der Waals surface area (Å²) in [5.74, 6) is -0.165. The van der Waals surface area contributed by atoms with Crippen LogP contribution >= 0.6 is 22.7 Å². The Morgan fingerprint density at radius 2 is 2.04 bits per heavy atom. The van der Waals surface area contributed by atoms with Gasteiger partial charge in [0.2, 0.25) is 0 Å². The number of fused-ring (bicyclic) bond motifs is 1. The molecule has 0 bridgehead atoms. The third kappa shape index (κ3) is 4.48. The standard InChI is InChI=1S/C19H19N5O2S2/c20-12-13-1-3-14(4-2-13)22-17(25)15-11-16-18(27-15)23-19(28-16)21-5-6-24-7-9-26-10-8-24/h1-4,11H,5-10H2,(H,21,23)(H,22,25). The van der Waals surface area contributed by atoms with Crippen molar-refractivity contribution in [2.75, 3.05) is 50.0 Å². The van der Waals surface area contributed by atoms with E-state index in [0.717, 1.165) is 54.1 Å². The molecule has 1 aromatic carbocycles. The molecule has 9 heteroatoms. The van der Waals surface area contributed by atoms with Crippen LogP contribution in [0.1, 0.15) is 15.2 Å². The molecule has 0 atom stereocenters. The van der Waals surface area contributed by atoms with Crippen LogP contribution in [0.25, 0.3) is 9.53 Å². The Bertz CT molecular complexity index is 968. The summed E-state index contributed by atoms with van der Waals surface area (Å²) in [6.07, 6.45) is 0. The van der Waals surface area contributed by atoms with Crippen LogP contribution in [0, 0.1) is 11.3 Å². The Morgan fingerprint density at radius 1 is 1.25 bits per heavy atom. The molecule has 1 saturated heterocycles. The Kier molecular flexibility index (Phi) is 5.83. The smallest absolute Gasteiger partial charge is 0.265 e. The van der Waals surface area contributed by atoms with Crippen LogP contribution in [-0.4, -0.2) is 55.2 Å². The van der Waals surface area contributed by atoms with Crippen LogP contribution in [0.4, 0.5) is 10.8 Å². The third-order valence-electron chi connectivity index (χ3n) is 4.39. The lowest BCUT2D eigenvalue weighted by Crippen LogP contribution is -2.38. The first-order valence-electron chi connectivity index (χ1n) is 8.97. The fourth-order valence-corrected chi connectivity index (χ4v) is 4.93. The van der Waals surface area contributed by atoms with Crippen molar-refractivity contribution in [2.45, 2.75) is 0 Å². The van der Waals surface area contributed by atoms with Gasteiger partial charge < -0.3 is 15.4 Å². The monoisotopic (exact) mass is 413 g/mol. The van der Waals surface area contributed by atoms with E-state index in [2.05, 4.69) is 26.6 Å². The minimum Gasteiger partial charge on any atom is -0.379 e. The van der Waals surface area contributed by atoms with Gasteiger partial charge in [-0.05, 0) is 30.3 Å². The summed E-state index contributed by atoms with van der Waals surface area (Å²) >= 11 is 2.94. The number of benzene rings is 1. The maximum atomic E-state index is 12.4. The van der Waals surface area contributed by atoms with Gasteiger partial charge in [0, 0.05) is 31.9 Å². The highest BCUT2D eigenvalue weighted by Crippen LogP contribution is 2.33. The molecule has 1 amide bonds. The largest absolute Gasteiger partial charge is 0.379 e. The maximum Gasteiger partial charge on any atom is 0.265 e. The van der Waals surface area contributed by atoms with Crippen molar-refractivity contribution in [1.29, 1.82) is 5.26 Å². The number of anilines is 2. The number of carbonyl (C=O) groups excluding carboxylic acids is 1. The van der Waals surface area contributed by atoms with Crippen molar-refractivity contribution < 1.29 is 9.53 Å². The molecule has 1 aliphatic heterocycles. The van der Waals surface area contributed by atoms with Gasteiger partial charge in [0.25, 0.3) is 5.91 Å². The second-order valence-electron chi connectivity index (χ2n) is 6.32. The van der Waals surface area contributed by atoms with E-state index in [1.165, 1.54) is 11.3 Å². The molecule has 0 aliphatic carbocycles. The summed E-state index contributed by atoms with van der Waals surface area (Å²) in [4.78, 5) is 20.9. The number of thiophene rings is 1. The first-order valence-corrected chi connectivity index (χ1v) is 10.6. The number of amides is 1. The molecular formula is C19H19N5O2S2. The van der Waals surface area contributed by atoms with Gasteiger partial charge in [-0.1, -0.05) is 11.3 Å². The van der Waals surface area contributed by atoms with Crippen LogP contribution in [0.2, 0.25) is 0 Å². The molecule has 0 radical (unpaired) electrons. The first-order chi connectivity index (χ1) is 13.7. The van der Waals surface area contributed by atoms with Crippen LogP contribution in [0.15, 0.2) is 30.3 Å². The van der Waals surface area contributed by atoms with Gasteiger partial charge in [-0.15, -0.1) is 11.3 Å². The zero-order valence-corrected chi connectivity index (χ0v) is 16.7. The zero-order valence-electron chi connectivity index (χ0n) is 15.1. The molecule has 0 spiro atoms. The molecule has 3 heterocycles. The molecule has 144 valence electrons. The molecular weight excluding hydrogens is 394 g/mol. The van der Waals surface area contributed by atoms with E-state index in [9.17, 15) is 4.79 Å². The van der Waals surface area contributed by atoms with E-state index < -0.39 is 0 Å². The molecule has 1 aliphatic rings. The van der Waals surface area contributed by atoms with Gasteiger partial charge in [-0.25, -0.2) is 4.98 Å². The lowest BCUT2D eigenvalue weighted by atomic mass is 10.2. The number of nitrogens with one attached hydrogen (secondary N) is 2. The van der Waals surface area contributed by atoms with Gasteiger partial charge >= 0.3 is 0 Å². The van der Waals surface area contributed by atoms with Crippen molar-refractivity contribution in [3.63, 3.8) is 0 Å². The quantitative estimate of drug-likeness (QED) is 0.645. The van der Waals surface area contributed by atoms with Crippen LogP contribution < -0.4 is 10.6 Å². The van der Waals surface area contributed by atoms with Crippen molar-refractivity contribution in [1.82, 2.24) is 9.88 Å². The molecule has 0 saturated carbocycles. The number of carbonyl (C=O) groups is 1. The molecule has 3 aromatic rings.